The number of para-hydroxylation sites is 1. The van der Waals surface area contributed by atoms with Crippen molar-refractivity contribution in [1.82, 2.24) is 14.9 Å². The summed E-state index contributed by atoms with van der Waals surface area (Å²) >= 11 is 0. The molecule has 1 unspecified atom stereocenters. The Bertz CT molecular complexity index is 1470. The van der Waals surface area contributed by atoms with Crippen LogP contribution in [0.5, 0.6) is 5.75 Å². The molecular formula is C27H21N3O4. The quantitative estimate of drug-likeness (QED) is 0.277. The molecule has 2 aromatic heterocycles. The van der Waals surface area contributed by atoms with E-state index >= 15 is 0 Å². The van der Waals surface area contributed by atoms with E-state index in [4.69, 9.17) is 4.74 Å². The molecule has 2 aliphatic rings. The molecule has 34 heavy (non-hydrogen) atoms. The summed E-state index contributed by atoms with van der Waals surface area (Å²) in [6.07, 6.45) is 5.85. The fourth-order valence-electron chi connectivity index (χ4n) is 4.86. The number of aromatic amines is 1. The molecule has 0 radical (unpaired) electrons. The lowest BCUT2D eigenvalue weighted by Crippen LogP contribution is -2.29. The Morgan fingerprint density at radius 2 is 1.94 bits per heavy atom. The van der Waals surface area contributed by atoms with Crippen LogP contribution in [0.3, 0.4) is 0 Å². The monoisotopic (exact) mass is 451 g/mol. The fraction of sp³-hybridized carbons (Fsp3) is 0.148. The Labute approximate surface area is 195 Å². The number of H-pyrrole nitrogens is 1. The minimum absolute atomic E-state index is 0.0858. The minimum atomic E-state index is -0.742. The van der Waals surface area contributed by atoms with Crippen LogP contribution in [0.4, 0.5) is 0 Å². The summed E-state index contributed by atoms with van der Waals surface area (Å²) < 4.78 is 5.57. The van der Waals surface area contributed by atoms with Gasteiger partial charge in [0.15, 0.2) is 0 Å². The predicted octanol–water partition coefficient (Wildman–Crippen LogP) is 4.12. The largest absolute Gasteiger partial charge is 0.507 e. The molecule has 0 saturated carbocycles. The number of aromatic nitrogens is 2. The highest BCUT2D eigenvalue weighted by molar-refractivity contribution is 6.46. The van der Waals surface area contributed by atoms with Gasteiger partial charge in [-0.3, -0.25) is 14.6 Å². The second kappa shape index (κ2) is 7.88. The number of rotatable bonds is 4. The van der Waals surface area contributed by atoms with E-state index in [2.05, 4.69) is 9.97 Å². The summed E-state index contributed by atoms with van der Waals surface area (Å²) in [7, 11) is 0. The molecule has 4 heterocycles. The molecule has 2 aromatic carbocycles. The molecule has 1 saturated heterocycles. The number of pyridine rings is 1. The first kappa shape index (κ1) is 20.2. The van der Waals surface area contributed by atoms with Crippen molar-refractivity contribution < 1.29 is 19.4 Å². The van der Waals surface area contributed by atoms with Crippen molar-refractivity contribution in [2.45, 2.75) is 19.0 Å². The SMILES string of the molecule is O=C1C(=O)N(Cc2ccncc2)C(c2c[nH]c3ccccc23)/C1=C(\O)c1ccc2c(c1)CCO2. The Kier molecular flexibility index (Phi) is 4.69. The van der Waals surface area contributed by atoms with Crippen molar-refractivity contribution in [2.24, 2.45) is 0 Å². The molecule has 0 aliphatic carbocycles. The Morgan fingerprint density at radius 3 is 2.79 bits per heavy atom. The minimum Gasteiger partial charge on any atom is -0.507 e. The first-order chi connectivity index (χ1) is 16.6. The fourth-order valence-corrected chi connectivity index (χ4v) is 4.86. The average Bonchev–Trinajstić information content (AvgIpc) is 3.57. The average molecular weight is 451 g/mol. The lowest BCUT2D eigenvalue weighted by atomic mass is 9.94. The normalized spacial score (nSPS) is 18.9. The summed E-state index contributed by atoms with van der Waals surface area (Å²) in [6, 6.07) is 16.0. The summed E-state index contributed by atoms with van der Waals surface area (Å²) in [4.78, 5) is 35.4. The van der Waals surface area contributed by atoms with Gasteiger partial charge in [-0.15, -0.1) is 0 Å². The van der Waals surface area contributed by atoms with Gasteiger partial charge in [-0.2, -0.15) is 0 Å². The number of nitrogens with zero attached hydrogens (tertiary/aromatic N) is 2. The number of amides is 1. The maximum Gasteiger partial charge on any atom is 0.295 e. The van der Waals surface area contributed by atoms with E-state index in [-0.39, 0.29) is 17.9 Å². The Morgan fingerprint density at radius 1 is 1.12 bits per heavy atom. The van der Waals surface area contributed by atoms with E-state index in [9.17, 15) is 14.7 Å². The Hall–Kier alpha value is -4.39. The van der Waals surface area contributed by atoms with Gasteiger partial charge in [0.05, 0.1) is 18.2 Å². The van der Waals surface area contributed by atoms with E-state index < -0.39 is 17.7 Å². The van der Waals surface area contributed by atoms with Crippen molar-refractivity contribution >= 4 is 28.4 Å². The van der Waals surface area contributed by atoms with Crippen LogP contribution in [-0.2, 0) is 22.6 Å². The van der Waals surface area contributed by atoms with E-state index in [0.29, 0.717) is 12.2 Å². The molecule has 6 rings (SSSR count). The topological polar surface area (TPSA) is 95.5 Å². The summed E-state index contributed by atoms with van der Waals surface area (Å²) in [6.45, 7) is 0.803. The zero-order valence-corrected chi connectivity index (χ0v) is 18.2. The molecule has 4 aromatic rings. The number of benzene rings is 2. The third-order valence-electron chi connectivity index (χ3n) is 6.52. The van der Waals surface area contributed by atoms with Crippen LogP contribution < -0.4 is 4.74 Å². The summed E-state index contributed by atoms with van der Waals surface area (Å²) in [5.74, 6) is -0.736. The molecule has 2 N–H and O–H groups in total. The number of aliphatic hydroxyl groups is 1. The van der Waals surface area contributed by atoms with Gasteiger partial charge in [-0.05, 0) is 47.5 Å². The van der Waals surface area contributed by atoms with Gasteiger partial charge in [0.1, 0.15) is 11.5 Å². The summed E-state index contributed by atoms with van der Waals surface area (Å²) in [5, 5.41) is 12.3. The molecule has 168 valence electrons. The van der Waals surface area contributed by atoms with Crippen molar-refractivity contribution in [3.05, 3.63) is 101 Å². The van der Waals surface area contributed by atoms with Gasteiger partial charge < -0.3 is 19.7 Å². The highest BCUT2D eigenvalue weighted by Gasteiger charge is 2.46. The first-order valence-corrected chi connectivity index (χ1v) is 11.1. The second-order valence-electron chi connectivity index (χ2n) is 8.49. The summed E-state index contributed by atoms with van der Waals surface area (Å²) in [5.41, 5.74) is 4.05. The molecule has 0 spiro atoms. The van der Waals surface area contributed by atoms with Gasteiger partial charge in [-0.1, -0.05) is 18.2 Å². The van der Waals surface area contributed by atoms with Gasteiger partial charge in [0.25, 0.3) is 11.7 Å². The molecular weight excluding hydrogens is 430 g/mol. The maximum absolute atomic E-state index is 13.3. The van der Waals surface area contributed by atoms with E-state index in [1.165, 1.54) is 4.90 Å². The number of ketones is 1. The van der Waals surface area contributed by atoms with Gasteiger partial charge in [0, 0.05) is 53.6 Å². The van der Waals surface area contributed by atoms with E-state index in [1.54, 1.807) is 24.5 Å². The zero-order valence-electron chi connectivity index (χ0n) is 18.2. The third-order valence-corrected chi connectivity index (χ3v) is 6.52. The highest BCUT2D eigenvalue weighted by Crippen LogP contribution is 2.43. The molecule has 1 atom stereocenters. The lowest BCUT2D eigenvalue weighted by molar-refractivity contribution is -0.140. The van der Waals surface area contributed by atoms with Crippen molar-refractivity contribution in [1.29, 1.82) is 0 Å². The number of nitrogens with one attached hydrogen (secondary N) is 1. The standard InChI is InChI=1S/C27H21N3O4/c31-25(18-5-6-22-17(13-18)9-12-34-22)23-24(20-14-29-21-4-2-1-3-19(20)21)30(27(33)26(23)32)15-16-7-10-28-11-8-16/h1-8,10-11,13-14,24,29,31H,9,12,15H2/b25-23+. The van der Waals surface area contributed by atoms with Crippen LogP contribution in [-0.4, -0.2) is 38.3 Å². The van der Waals surface area contributed by atoms with Crippen LogP contribution in [0.15, 0.2) is 78.8 Å². The van der Waals surface area contributed by atoms with Crippen LogP contribution in [0.1, 0.15) is 28.3 Å². The molecule has 7 heteroatoms. The number of Topliss-reactive ketones (excluding diaryl/α,β-unsaturated/α-hetero) is 1. The smallest absolute Gasteiger partial charge is 0.295 e. The van der Waals surface area contributed by atoms with Crippen molar-refractivity contribution in [2.75, 3.05) is 6.61 Å². The first-order valence-electron chi connectivity index (χ1n) is 11.1. The second-order valence-corrected chi connectivity index (χ2v) is 8.49. The number of likely N-dealkylation sites (tertiary alicyclic amines) is 1. The number of fused-ring (bicyclic) bond motifs is 2. The molecule has 1 amide bonds. The van der Waals surface area contributed by atoms with Crippen LogP contribution >= 0.6 is 0 Å². The zero-order chi connectivity index (χ0) is 23.2. The Balaban J connectivity index is 1.53. The van der Waals surface area contributed by atoms with Gasteiger partial charge in [0.2, 0.25) is 0 Å². The highest BCUT2D eigenvalue weighted by atomic mass is 16.5. The third kappa shape index (κ3) is 3.16. The van der Waals surface area contributed by atoms with Crippen molar-refractivity contribution in [3.8, 4) is 5.75 Å². The van der Waals surface area contributed by atoms with Crippen LogP contribution in [0.2, 0.25) is 0 Å². The maximum atomic E-state index is 13.3. The molecule has 2 aliphatic heterocycles. The molecule has 0 bridgehead atoms. The number of carbonyl (C=O) groups excluding carboxylic acids is 2. The number of ether oxygens (including phenoxy) is 1. The number of hydrogen-bond acceptors (Lipinski definition) is 5. The van der Waals surface area contributed by atoms with Crippen LogP contribution in [0.25, 0.3) is 16.7 Å². The van der Waals surface area contributed by atoms with Crippen LogP contribution in [0, 0.1) is 0 Å². The van der Waals surface area contributed by atoms with Gasteiger partial charge in [-0.25, -0.2) is 0 Å². The number of carbonyl (C=O) groups is 2. The predicted molar refractivity (Wildman–Crippen MR) is 126 cm³/mol. The van der Waals surface area contributed by atoms with E-state index in [0.717, 1.165) is 39.8 Å². The number of hydrogen-bond donors (Lipinski definition) is 2. The molecule has 1 fully saturated rings. The lowest BCUT2D eigenvalue weighted by Gasteiger charge is -2.25. The van der Waals surface area contributed by atoms with Crippen molar-refractivity contribution in [3.63, 3.8) is 0 Å². The van der Waals surface area contributed by atoms with Gasteiger partial charge >= 0.3 is 0 Å². The number of aliphatic hydroxyl groups excluding tert-OH is 1. The molecule has 7 nitrogen and oxygen atoms in total. The van der Waals surface area contributed by atoms with E-state index in [1.807, 2.05) is 48.7 Å².